The summed E-state index contributed by atoms with van der Waals surface area (Å²) in [5.74, 6) is 1.45. The Morgan fingerprint density at radius 1 is 1.11 bits per heavy atom. The van der Waals surface area contributed by atoms with Crippen LogP contribution in [0.4, 0.5) is 15.4 Å². The lowest BCUT2D eigenvalue weighted by Crippen LogP contribution is -2.57. The number of aromatic nitrogens is 1. The summed E-state index contributed by atoms with van der Waals surface area (Å²) in [5, 5.41) is 9.00. The number of hydrogen-bond acceptors (Lipinski definition) is 6. The number of amides is 2. The third-order valence-electron chi connectivity index (χ3n) is 4.40. The zero-order valence-electron chi connectivity index (χ0n) is 15.9. The first kappa shape index (κ1) is 19.1. The highest BCUT2D eigenvalue weighted by atomic mass is 16.6. The molecular formula is C18H26N4O5. The molecule has 9 heteroatoms. The number of pyridine rings is 1. The molecule has 2 fully saturated rings. The zero-order valence-corrected chi connectivity index (χ0v) is 15.9. The van der Waals surface area contributed by atoms with Crippen LogP contribution in [0.2, 0.25) is 0 Å². The van der Waals surface area contributed by atoms with E-state index in [1.807, 2.05) is 32.9 Å². The molecule has 1 N–H and O–H groups in total. The molecule has 9 nitrogen and oxygen atoms in total. The Labute approximate surface area is 158 Å². The fourth-order valence-corrected chi connectivity index (χ4v) is 2.94. The second-order valence-electron chi connectivity index (χ2n) is 7.73. The van der Waals surface area contributed by atoms with Gasteiger partial charge in [0.05, 0.1) is 19.3 Å². The highest BCUT2D eigenvalue weighted by Crippen LogP contribution is 2.22. The molecule has 3 rings (SSSR count). The van der Waals surface area contributed by atoms with Gasteiger partial charge in [-0.1, -0.05) is 0 Å². The predicted molar refractivity (Wildman–Crippen MR) is 98.3 cm³/mol. The van der Waals surface area contributed by atoms with Gasteiger partial charge in [-0.3, -0.25) is 0 Å². The van der Waals surface area contributed by atoms with E-state index in [0.717, 1.165) is 5.82 Å². The van der Waals surface area contributed by atoms with E-state index >= 15 is 0 Å². The largest absolute Gasteiger partial charge is 0.485 e. The van der Waals surface area contributed by atoms with Crippen molar-refractivity contribution in [3.63, 3.8) is 0 Å². The van der Waals surface area contributed by atoms with Gasteiger partial charge in [0, 0.05) is 26.2 Å². The van der Waals surface area contributed by atoms with Crippen molar-refractivity contribution >= 4 is 18.0 Å². The number of carbonyl (C=O) groups excluding carboxylic acids is 1. The SMILES string of the molecule is CC(C)(C)OC(=O)N1CC(Oc2ccc(N3CCN(C(=O)O)CC3)nc2)C1. The van der Waals surface area contributed by atoms with Gasteiger partial charge in [-0.15, -0.1) is 0 Å². The Kier molecular flexibility index (Phi) is 5.29. The van der Waals surface area contributed by atoms with Crippen molar-refractivity contribution in [3.05, 3.63) is 18.3 Å². The van der Waals surface area contributed by atoms with E-state index in [-0.39, 0.29) is 12.2 Å². The summed E-state index contributed by atoms with van der Waals surface area (Å²) in [6.45, 7) is 8.69. The number of carboxylic acid groups (broad SMARTS) is 1. The van der Waals surface area contributed by atoms with Crippen molar-refractivity contribution in [2.45, 2.75) is 32.5 Å². The van der Waals surface area contributed by atoms with E-state index < -0.39 is 11.7 Å². The molecule has 0 radical (unpaired) electrons. The summed E-state index contributed by atoms with van der Waals surface area (Å²) < 4.78 is 11.2. The van der Waals surface area contributed by atoms with Gasteiger partial charge < -0.3 is 29.3 Å². The molecule has 0 atom stereocenters. The van der Waals surface area contributed by atoms with Gasteiger partial charge in [-0.25, -0.2) is 14.6 Å². The van der Waals surface area contributed by atoms with Gasteiger partial charge in [0.1, 0.15) is 23.3 Å². The summed E-state index contributed by atoms with van der Waals surface area (Å²) in [6, 6.07) is 3.72. The molecule has 1 aromatic heterocycles. The molecule has 3 heterocycles. The van der Waals surface area contributed by atoms with Crippen LogP contribution in [0.15, 0.2) is 18.3 Å². The Balaban J connectivity index is 1.44. The normalized spacial score (nSPS) is 18.1. The van der Waals surface area contributed by atoms with Crippen LogP contribution in [0.25, 0.3) is 0 Å². The zero-order chi connectivity index (χ0) is 19.6. The highest BCUT2D eigenvalue weighted by molar-refractivity contribution is 5.69. The monoisotopic (exact) mass is 378 g/mol. The maximum atomic E-state index is 11.9. The van der Waals surface area contributed by atoms with Gasteiger partial charge in [0.2, 0.25) is 0 Å². The number of rotatable bonds is 3. The van der Waals surface area contributed by atoms with Gasteiger partial charge in [0.25, 0.3) is 0 Å². The predicted octanol–water partition coefficient (Wildman–Crippen LogP) is 1.88. The maximum Gasteiger partial charge on any atom is 0.410 e. The number of ether oxygens (including phenoxy) is 2. The molecule has 148 valence electrons. The van der Waals surface area contributed by atoms with Crippen molar-refractivity contribution in [3.8, 4) is 5.75 Å². The summed E-state index contributed by atoms with van der Waals surface area (Å²) >= 11 is 0. The third-order valence-corrected chi connectivity index (χ3v) is 4.40. The number of hydrogen-bond donors (Lipinski definition) is 1. The second kappa shape index (κ2) is 7.50. The van der Waals surface area contributed by atoms with Gasteiger partial charge in [-0.2, -0.15) is 0 Å². The van der Waals surface area contributed by atoms with Crippen molar-refractivity contribution < 1.29 is 24.2 Å². The average molecular weight is 378 g/mol. The summed E-state index contributed by atoms with van der Waals surface area (Å²) in [7, 11) is 0. The molecule has 2 aliphatic heterocycles. The molecular weight excluding hydrogens is 352 g/mol. The quantitative estimate of drug-likeness (QED) is 0.858. The number of piperazine rings is 1. The van der Waals surface area contributed by atoms with Crippen LogP contribution >= 0.6 is 0 Å². The van der Waals surface area contributed by atoms with Crippen molar-refractivity contribution in [1.82, 2.24) is 14.8 Å². The molecule has 2 saturated heterocycles. The Bertz CT molecular complexity index is 674. The van der Waals surface area contributed by atoms with Crippen LogP contribution < -0.4 is 9.64 Å². The fourth-order valence-electron chi connectivity index (χ4n) is 2.94. The van der Waals surface area contributed by atoms with E-state index in [2.05, 4.69) is 9.88 Å². The molecule has 0 aromatic carbocycles. The van der Waals surface area contributed by atoms with Crippen LogP contribution in [0.3, 0.4) is 0 Å². The minimum atomic E-state index is -0.882. The summed E-state index contributed by atoms with van der Waals surface area (Å²) in [6.07, 6.45) is 0.391. The highest BCUT2D eigenvalue weighted by Gasteiger charge is 2.35. The van der Waals surface area contributed by atoms with Gasteiger partial charge in [0.15, 0.2) is 0 Å². The summed E-state index contributed by atoms with van der Waals surface area (Å²) in [4.78, 5) is 32.4. The number of anilines is 1. The standard InChI is InChI=1S/C18H26N4O5/c1-18(2,3)27-17(25)22-11-14(12-22)26-13-4-5-15(19-10-13)20-6-8-21(9-7-20)16(23)24/h4-5,10,14H,6-9,11-12H2,1-3H3,(H,23,24). The molecule has 0 saturated carbocycles. The number of nitrogens with zero attached hydrogens (tertiary/aromatic N) is 4. The first-order valence-corrected chi connectivity index (χ1v) is 9.05. The maximum absolute atomic E-state index is 11.9. The van der Waals surface area contributed by atoms with E-state index in [4.69, 9.17) is 14.6 Å². The number of carbonyl (C=O) groups is 2. The van der Waals surface area contributed by atoms with Crippen LogP contribution in [0.5, 0.6) is 5.75 Å². The lowest BCUT2D eigenvalue weighted by Gasteiger charge is -2.39. The van der Waals surface area contributed by atoms with Crippen molar-refractivity contribution in [2.75, 3.05) is 44.2 Å². The van der Waals surface area contributed by atoms with E-state index in [1.54, 1.807) is 11.1 Å². The van der Waals surface area contributed by atoms with Crippen molar-refractivity contribution in [2.24, 2.45) is 0 Å². The lowest BCUT2D eigenvalue weighted by atomic mass is 10.1. The average Bonchev–Trinajstić information content (AvgIpc) is 2.56. The third kappa shape index (κ3) is 4.93. The number of likely N-dealkylation sites (tertiary alicyclic amines) is 1. The van der Waals surface area contributed by atoms with Crippen LogP contribution in [-0.4, -0.2) is 83.1 Å². The first-order valence-electron chi connectivity index (χ1n) is 9.05. The molecule has 0 aliphatic carbocycles. The molecule has 2 amide bonds. The topological polar surface area (TPSA) is 95.4 Å². The molecule has 1 aromatic rings. The smallest absolute Gasteiger partial charge is 0.410 e. The first-order chi connectivity index (χ1) is 12.7. The Morgan fingerprint density at radius 2 is 1.78 bits per heavy atom. The van der Waals surface area contributed by atoms with E-state index in [1.165, 1.54) is 4.90 Å². The Morgan fingerprint density at radius 3 is 2.30 bits per heavy atom. The molecule has 0 bridgehead atoms. The molecule has 27 heavy (non-hydrogen) atoms. The van der Waals surface area contributed by atoms with Crippen molar-refractivity contribution in [1.29, 1.82) is 0 Å². The molecule has 0 spiro atoms. The van der Waals surface area contributed by atoms with Crippen LogP contribution in [0.1, 0.15) is 20.8 Å². The second-order valence-corrected chi connectivity index (χ2v) is 7.73. The lowest BCUT2D eigenvalue weighted by molar-refractivity contribution is -0.0222. The molecule has 2 aliphatic rings. The van der Waals surface area contributed by atoms with Gasteiger partial charge >= 0.3 is 12.2 Å². The minimum Gasteiger partial charge on any atom is -0.485 e. The fraction of sp³-hybridized carbons (Fsp3) is 0.611. The summed E-state index contributed by atoms with van der Waals surface area (Å²) in [5.41, 5.74) is -0.501. The van der Waals surface area contributed by atoms with Crippen LogP contribution in [-0.2, 0) is 4.74 Å². The van der Waals surface area contributed by atoms with E-state index in [9.17, 15) is 9.59 Å². The van der Waals surface area contributed by atoms with Gasteiger partial charge in [-0.05, 0) is 32.9 Å². The molecule has 0 unspecified atom stereocenters. The van der Waals surface area contributed by atoms with E-state index in [0.29, 0.717) is 45.0 Å². The minimum absolute atomic E-state index is 0.0655. The Hall–Kier alpha value is -2.71. The van der Waals surface area contributed by atoms with Crippen LogP contribution in [0, 0.1) is 0 Å².